The number of carbonyl (C=O) groups is 2. The van der Waals surface area contributed by atoms with Crippen LogP contribution in [-0.2, 0) is 16.1 Å². The maximum Gasteiger partial charge on any atom is 0.341 e. The number of rotatable bonds is 6. The highest BCUT2D eigenvalue weighted by atomic mass is 19.1. The summed E-state index contributed by atoms with van der Waals surface area (Å²) in [6.07, 6.45) is 2.65. The maximum atomic E-state index is 13.5. The molecule has 0 atom stereocenters. The van der Waals surface area contributed by atoms with Crippen LogP contribution in [0.5, 0.6) is 5.75 Å². The molecule has 130 valence electrons. The highest BCUT2D eigenvalue weighted by Gasteiger charge is 2.13. The third-order valence-electron chi connectivity index (χ3n) is 3.46. The molecular weight excluding hydrogens is 325 g/mol. The number of amides is 1. The van der Waals surface area contributed by atoms with Gasteiger partial charge in [0.2, 0.25) is 5.91 Å². The Morgan fingerprint density at radius 1 is 1.16 bits per heavy atom. The van der Waals surface area contributed by atoms with Crippen LogP contribution in [0.15, 0.2) is 48.5 Å². The first-order valence-corrected chi connectivity index (χ1v) is 7.51. The summed E-state index contributed by atoms with van der Waals surface area (Å²) in [5.74, 6) is -0.908. The number of benzene rings is 2. The van der Waals surface area contributed by atoms with Crippen molar-refractivity contribution in [3.05, 3.63) is 71.0 Å². The summed E-state index contributed by atoms with van der Waals surface area (Å²) < 4.78 is 23.3. The third kappa shape index (κ3) is 4.91. The zero-order valence-corrected chi connectivity index (χ0v) is 13.9. The van der Waals surface area contributed by atoms with E-state index < -0.39 is 11.8 Å². The minimum atomic E-state index is -0.524. The van der Waals surface area contributed by atoms with E-state index in [1.165, 1.54) is 32.4 Å². The average Bonchev–Trinajstić information content (AvgIpc) is 2.64. The van der Waals surface area contributed by atoms with Crippen molar-refractivity contribution in [3.63, 3.8) is 0 Å². The van der Waals surface area contributed by atoms with Crippen molar-refractivity contribution in [3.8, 4) is 5.75 Å². The van der Waals surface area contributed by atoms with Crippen molar-refractivity contribution in [1.29, 1.82) is 0 Å². The summed E-state index contributed by atoms with van der Waals surface area (Å²) in [7, 11) is 2.74. The van der Waals surface area contributed by atoms with E-state index >= 15 is 0 Å². The highest BCUT2D eigenvalue weighted by molar-refractivity contribution is 5.93. The molecular formula is C19H18FNO4. The van der Waals surface area contributed by atoms with Gasteiger partial charge in [0.25, 0.3) is 0 Å². The molecule has 0 bridgehead atoms. The Morgan fingerprint density at radius 2 is 1.92 bits per heavy atom. The molecule has 0 spiro atoms. The van der Waals surface area contributed by atoms with E-state index in [2.05, 4.69) is 5.32 Å². The Morgan fingerprint density at radius 3 is 2.60 bits per heavy atom. The smallest absolute Gasteiger partial charge is 0.341 e. The summed E-state index contributed by atoms with van der Waals surface area (Å²) in [5, 5.41) is 2.67. The number of carbonyl (C=O) groups excluding carboxylic acids is 2. The van der Waals surface area contributed by atoms with Gasteiger partial charge in [-0.1, -0.05) is 24.3 Å². The first-order valence-electron chi connectivity index (χ1n) is 7.51. The van der Waals surface area contributed by atoms with E-state index in [-0.39, 0.29) is 18.0 Å². The lowest BCUT2D eigenvalue weighted by molar-refractivity contribution is -0.116. The van der Waals surface area contributed by atoms with Gasteiger partial charge in [0, 0.05) is 18.2 Å². The summed E-state index contributed by atoms with van der Waals surface area (Å²) in [4.78, 5) is 23.6. The molecule has 0 aliphatic carbocycles. The van der Waals surface area contributed by atoms with Crippen LogP contribution >= 0.6 is 0 Å². The van der Waals surface area contributed by atoms with Crippen LogP contribution in [0.3, 0.4) is 0 Å². The van der Waals surface area contributed by atoms with Crippen molar-refractivity contribution in [1.82, 2.24) is 5.32 Å². The van der Waals surface area contributed by atoms with Crippen molar-refractivity contribution < 1.29 is 23.5 Å². The molecule has 0 aliphatic rings. The zero-order chi connectivity index (χ0) is 18.2. The molecule has 0 radical (unpaired) electrons. The van der Waals surface area contributed by atoms with Gasteiger partial charge in [0.05, 0.1) is 14.2 Å². The summed E-state index contributed by atoms with van der Waals surface area (Å²) in [6.45, 7) is 0.203. The van der Waals surface area contributed by atoms with E-state index in [1.807, 2.05) is 0 Å². The number of nitrogens with one attached hydrogen (secondary N) is 1. The van der Waals surface area contributed by atoms with Crippen LogP contribution in [0.4, 0.5) is 4.39 Å². The molecule has 5 nitrogen and oxygen atoms in total. The molecule has 2 aromatic carbocycles. The number of esters is 1. The van der Waals surface area contributed by atoms with E-state index in [1.54, 1.807) is 36.4 Å². The Bertz CT molecular complexity index is 802. The largest absolute Gasteiger partial charge is 0.496 e. The van der Waals surface area contributed by atoms with Crippen LogP contribution in [0.2, 0.25) is 0 Å². The lowest BCUT2D eigenvalue weighted by Crippen LogP contribution is -2.20. The first kappa shape index (κ1) is 18.2. The molecule has 0 saturated heterocycles. The highest BCUT2D eigenvalue weighted by Crippen LogP contribution is 2.20. The van der Waals surface area contributed by atoms with Crippen LogP contribution in [-0.4, -0.2) is 26.1 Å². The number of methoxy groups -OCH3 is 2. The van der Waals surface area contributed by atoms with Gasteiger partial charge >= 0.3 is 5.97 Å². The van der Waals surface area contributed by atoms with E-state index in [4.69, 9.17) is 9.47 Å². The van der Waals surface area contributed by atoms with E-state index in [0.717, 1.165) is 0 Å². The van der Waals surface area contributed by atoms with Crippen LogP contribution in [0.25, 0.3) is 6.08 Å². The van der Waals surface area contributed by atoms with Gasteiger partial charge < -0.3 is 14.8 Å². The van der Waals surface area contributed by atoms with Crippen molar-refractivity contribution >= 4 is 18.0 Å². The monoisotopic (exact) mass is 343 g/mol. The van der Waals surface area contributed by atoms with Crippen LogP contribution in [0, 0.1) is 5.82 Å². The SMILES string of the molecule is COC(=O)c1cc(CNC(=O)/C=C/c2ccccc2F)ccc1OC. The van der Waals surface area contributed by atoms with Crippen LogP contribution < -0.4 is 10.1 Å². The Kier molecular flexibility index (Phi) is 6.28. The lowest BCUT2D eigenvalue weighted by Gasteiger charge is -2.09. The molecule has 0 fully saturated rings. The van der Waals surface area contributed by atoms with Crippen molar-refractivity contribution in [2.24, 2.45) is 0 Å². The predicted molar refractivity (Wildman–Crippen MR) is 91.6 cm³/mol. The van der Waals surface area contributed by atoms with Gasteiger partial charge in [-0.3, -0.25) is 4.79 Å². The lowest BCUT2D eigenvalue weighted by atomic mass is 10.1. The minimum Gasteiger partial charge on any atom is -0.496 e. The Balaban J connectivity index is 2.02. The maximum absolute atomic E-state index is 13.5. The van der Waals surface area contributed by atoms with Crippen LogP contribution in [0.1, 0.15) is 21.5 Å². The molecule has 0 saturated carbocycles. The second-order valence-corrected chi connectivity index (χ2v) is 5.10. The molecule has 0 unspecified atom stereocenters. The molecule has 0 heterocycles. The molecule has 2 rings (SSSR count). The average molecular weight is 343 g/mol. The van der Waals surface area contributed by atoms with E-state index in [0.29, 0.717) is 16.9 Å². The van der Waals surface area contributed by atoms with Gasteiger partial charge in [-0.05, 0) is 29.8 Å². The van der Waals surface area contributed by atoms with Gasteiger partial charge in [-0.25, -0.2) is 9.18 Å². The van der Waals surface area contributed by atoms with Crippen molar-refractivity contribution in [2.75, 3.05) is 14.2 Å². The topological polar surface area (TPSA) is 64.6 Å². The van der Waals surface area contributed by atoms with Gasteiger partial charge in [0.1, 0.15) is 17.1 Å². The minimum absolute atomic E-state index is 0.203. The first-order chi connectivity index (χ1) is 12.0. The second kappa shape index (κ2) is 8.63. The molecule has 2 aromatic rings. The molecule has 0 aromatic heterocycles. The second-order valence-electron chi connectivity index (χ2n) is 5.10. The third-order valence-corrected chi connectivity index (χ3v) is 3.46. The molecule has 1 amide bonds. The Labute approximate surface area is 145 Å². The normalized spacial score (nSPS) is 10.5. The van der Waals surface area contributed by atoms with Gasteiger partial charge in [-0.15, -0.1) is 0 Å². The Hall–Kier alpha value is -3.15. The predicted octanol–water partition coefficient (Wildman–Crippen LogP) is 2.95. The number of halogens is 1. The quantitative estimate of drug-likeness (QED) is 0.647. The number of ether oxygens (including phenoxy) is 2. The fourth-order valence-electron chi connectivity index (χ4n) is 2.16. The number of hydrogen-bond donors (Lipinski definition) is 1. The summed E-state index contributed by atoms with van der Waals surface area (Å²) in [5.41, 5.74) is 1.31. The molecule has 6 heteroatoms. The van der Waals surface area contributed by atoms with E-state index in [9.17, 15) is 14.0 Å². The summed E-state index contributed by atoms with van der Waals surface area (Å²) in [6, 6.07) is 11.1. The molecule has 1 N–H and O–H groups in total. The molecule has 0 aliphatic heterocycles. The fraction of sp³-hybridized carbons (Fsp3) is 0.158. The fourth-order valence-corrected chi connectivity index (χ4v) is 2.16. The zero-order valence-electron chi connectivity index (χ0n) is 13.9. The standard InChI is InChI=1S/C19H18FNO4/c1-24-17-9-7-13(11-15(17)19(23)25-2)12-21-18(22)10-8-14-5-3-4-6-16(14)20/h3-11H,12H2,1-2H3,(H,21,22)/b10-8+. The van der Waals surface area contributed by atoms with Gasteiger partial charge in [-0.2, -0.15) is 0 Å². The number of hydrogen-bond acceptors (Lipinski definition) is 4. The molecule has 25 heavy (non-hydrogen) atoms. The van der Waals surface area contributed by atoms with Gasteiger partial charge in [0.15, 0.2) is 0 Å². The van der Waals surface area contributed by atoms with Crippen molar-refractivity contribution in [2.45, 2.75) is 6.54 Å². The summed E-state index contributed by atoms with van der Waals surface area (Å²) >= 11 is 0.